The van der Waals surface area contributed by atoms with Gasteiger partial charge in [-0.05, 0) is 31.0 Å². The van der Waals surface area contributed by atoms with Gasteiger partial charge in [0.25, 0.3) is 0 Å². The maximum atomic E-state index is 9.31. The van der Waals surface area contributed by atoms with Crippen molar-refractivity contribution < 1.29 is 9.84 Å². The molecule has 0 fully saturated rings. The lowest BCUT2D eigenvalue weighted by Crippen LogP contribution is -2.05. The molecule has 0 aliphatic carbocycles. The smallest absolute Gasteiger partial charge is 0.147 e. The number of hydrogen-bond donors (Lipinski definition) is 1. The van der Waals surface area contributed by atoms with E-state index in [2.05, 4.69) is 4.98 Å². The van der Waals surface area contributed by atoms with E-state index in [0.29, 0.717) is 18.2 Å². The van der Waals surface area contributed by atoms with Crippen LogP contribution in [0.2, 0.25) is 5.15 Å². The number of imidazole rings is 1. The topological polar surface area (TPSA) is 47.3 Å². The minimum Gasteiger partial charge on any atom is -0.486 e. The molecule has 0 saturated heterocycles. The highest BCUT2D eigenvalue weighted by atomic mass is 35.5. The van der Waals surface area contributed by atoms with Gasteiger partial charge >= 0.3 is 0 Å². The lowest BCUT2D eigenvalue weighted by atomic mass is 10.1. The number of benzene rings is 1. The van der Waals surface area contributed by atoms with E-state index in [4.69, 9.17) is 16.3 Å². The van der Waals surface area contributed by atoms with Gasteiger partial charge in [0.1, 0.15) is 23.3 Å². The molecular formula is C14H17ClN2O2. The van der Waals surface area contributed by atoms with E-state index in [1.165, 1.54) is 0 Å². The van der Waals surface area contributed by atoms with E-state index in [1.807, 2.05) is 31.3 Å². The van der Waals surface area contributed by atoms with E-state index in [9.17, 15) is 5.11 Å². The predicted octanol–water partition coefficient (Wildman–Crippen LogP) is 2.58. The van der Waals surface area contributed by atoms with Gasteiger partial charge in [-0.15, -0.1) is 0 Å². The monoisotopic (exact) mass is 280 g/mol. The Labute approximate surface area is 117 Å². The molecule has 2 aromatic rings. The number of ether oxygens (including phenoxy) is 1. The van der Waals surface area contributed by atoms with Gasteiger partial charge in [0.2, 0.25) is 0 Å². The molecule has 2 rings (SSSR count). The molecule has 0 bridgehead atoms. The van der Waals surface area contributed by atoms with Crippen LogP contribution in [0.5, 0.6) is 5.75 Å². The molecule has 1 unspecified atom stereocenters. The molecule has 0 spiro atoms. The Morgan fingerprint density at radius 3 is 2.58 bits per heavy atom. The highest BCUT2D eigenvalue weighted by Gasteiger charge is 2.05. The van der Waals surface area contributed by atoms with Crippen molar-refractivity contribution in [3.05, 3.63) is 47.0 Å². The zero-order chi connectivity index (χ0) is 13.8. The standard InChI is InChI=1S/C14H17ClN2O2/c1-10(18)7-11-3-5-12(6-4-11)19-9-14-16-8-13(15)17(14)2/h3-6,8,10,18H,7,9H2,1-2H3. The molecule has 5 heteroatoms. The fraction of sp³-hybridized carbons (Fsp3) is 0.357. The molecule has 102 valence electrons. The largest absolute Gasteiger partial charge is 0.486 e. The second kappa shape index (κ2) is 6.08. The summed E-state index contributed by atoms with van der Waals surface area (Å²) in [7, 11) is 1.85. The van der Waals surface area contributed by atoms with Crippen LogP contribution >= 0.6 is 11.6 Å². The first-order chi connectivity index (χ1) is 9.06. The summed E-state index contributed by atoms with van der Waals surface area (Å²) in [5.74, 6) is 1.55. The van der Waals surface area contributed by atoms with Crippen LogP contribution in [-0.4, -0.2) is 20.8 Å². The summed E-state index contributed by atoms with van der Waals surface area (Å²) in [6, 6.07) is 7.69. The minimum atomic E-state index is -0.332. The molecule has 1 aromatic carbocycles. The highest BCUT2D eigenvalue weighted by molar-refractivity contribution is 6.29. The Balaban J connectivity index is 1.95. The number of aromatic nitrogens is 2. The Morgan fingerprint density at radius 1 is 1.37 bits per heavy atom. The average Bonchev–Trinajstić information content (AvgIpc) is 2.69. The highest BCUT2D eigenvalue weighted by Crippen LogP contribution is 2.16. The zero-order valence-electron chi connectivity index (χ0n) is 11.0. The van der Waals surface area contributed by atoms with Gasteiger partial charge in [-0.2, -0.15) is 0 Å². The van der Waals surface area contributed by atoms with Crippen LogP contribution in [0.15, 0.2) is 30.5 Å². The fourth-order valence-electron chi connectivity index (χ4n) is 1.77. The first kappa shape index (κ1) is 13.9. The van der Waals surface area contributed by atoms with Crippen molar-refractivity contribution in [1.29, 1.82) is 0 Å². The molecule has 19 heavy (non-hydrogen) atoms. The minimum absolute atomic E-state index is 0.332. The maximum Gasteiger partial charge on any atom is 0.147 e. The van der Waals surface area contributed by atoms with E-state index < -0.39 is 0 Å². The maximum absolute atomic E-state index is 9.31. The third-order valence-corrected chi connectivity index (χ3v) is 3.20. The number of aliphatic hydroxyl groups is 1. The Morgan fingerprint density at radius 2 is 2.05 bits per heavy atom. The summed E-state index contributed by atoms with van der Waals surface area (Å²) in [4.78, 5) is 4.16. The van der Waals surface area contributed by atoms with Crippen molar-refractivity contribution in [1.82, 2.24) is 9.55 Å². The van der Waals surface area contributed by atoms with Crippen LogP contribution in [0, 0.1) is 0 Å². The number of hydrogen-bond acceptors (Lipinski definition) is 3. The summed E-state index contributed by atoms with van der Waals surface area (Å²) >= 11 is 5.90. The van der Waals surface area contributed by atoms with Crippen molar-refractivity contribution in [2.24, 2.45) is 7.05 Å². The van der Waals surface area contributed by atoms with Crippen molar-refractivity contribution in [2.75, 3.05) is 0 Å². The van der Waals surface area contributed by atoms with Gasteiger partial charge in [0, 0.05) is 7.05 Å². The molecule has 1 atom stereocenters. The van der Waals surface area contributed by atoms with Gasteiger partial charge in [0.15, 0.2) is 0 Å². The number of nitrogens with zero attached hydrogens (tertiary/aromatic N) is 2. The van der Waals surface area contributed by atoms with Crippen LogP contribution in [0.4, 0.5) is 0 Å². The van der Waals surface area contributed by atoms with Crippen molar-refractivity contribution >= 4 is 11.6 Å². The molecule has 4 nitrogen and oxygen atoms in total. The molecule has 1 heterocycles. The molecule has 1 aromatic heterocycles. The van der Waals surface area contributed by atoms with Crippen LogP contribution < -0.4 is 4.74 Å². The number of aliphatic hydroxyl groups excluding tert-OH is 1. The number of rotatable bonds is 5. The third-order valence-electron chi connectivity index (χ3n) is 2.85. The Bertz CT molecular complexity index is 535. The van der Waals surface area contributed by atoms with Gasteiger partial charge in [-0.1, -0.05) is 23.7 Å². The molecule has 0 saturated carbocycles. The van der Waals surface area contributed by atoms with Crippen molar-refractivity contribution in [3.8, 4) is 5.75 Å². The second-order valence-corrected chi connectivity index (χ2v) is 4.93. The van der Waals surface area contributed by atoms with Crippen LogP contribution in [0.3, 0.4) is 0 Å². The zero-order valence-corrected chi connectivity index (χ0v) is 11.8. The quantitative estimate of drug-likeness (QED) is 0.916. The first-order valence-electron chi connectivity index (χ1n) is 6.12. The molecule has 0 amide bonds. The fourth-order valence-corrected chi connectivity index (χ4v) is 1.92. The van der Waals surface area contributed by atoms with E-state index in [-0.39, 0.29) is 6.10 Å². The number of halogens is 1. The summed E-state index contributed by atoms with van der Waals surface area (Å²) in [5.41, 5.74) is 1.09. The van der Waals surface area contributed by atoms with Gasteiger partial charge < -0.3 is 14.4 Å². The van der Waals surface area contributed by atoms with Gasteiger partial charge in [0.05, 0.1) is 12.3 Å². The summed E-state index contributed by atoms with van der Waals surface area (Å²) in [6.07, 6.45) is 1.92. The predicted molar refractivity (Wildman–Crippen MR) is 74.4 cm³/mol. The molecule has 0 radical (unpaired) electrons. The SMILES string of the molecule is CC(O)Cc1ccc(OCc2ncc(Cl)n2C)cc1. The van der Waals surface area contributed by atoms with E-state index in [1.54, 1.807) is 17.7 Å². The molecule has 0 aliphatic heterocycles. The summed E-state index contributed by atoms with van der Waals surface area (Å²) in [6.45, 7) is 2.15. The average molecular weight is 281 g/mol. The summed E-state index contributed by atoms with van der Waals surface area (Å²) < 4.78 is 7.42. The molecule has 0 aliphatic rings. The summed E-state index contributed by atoms with van der Waals surface area (Å²) in [5, 5.41) is 9.89. The lowest BCUT2D eigenvalue weighted by molar-refractivity contribution is 0.195. The van der Waals surface area contributed by atoms with Crippen LogP contribution in [-0.2, 0) is 20.1 Å². The second-order valence-electron chi connectivity index (χ2n) is 4.54. The van der Waals surface area contributed by atoms with Crippen molar-refractivity contribution in [2.45, 2.75) is 26.1 Å². The molecule has 1 N–H and O–H groups in total. The van der Waals surface area contributed by atoms with Gasteiger partial charge in [-0.3, -0.25) is 0 Å². The normalized spacial score (nSPS) is 12.4. The Kier molecular flexibility index (Phi) is 4.45. The molecular weight excluding hydrogens is 264 g/mol. The van der Waals surface area contributed by atoms with Gasteiger partial charge in [-0.25, -0.2) is 4.98 Å². The van der Waals surface area contributed by atoms with E-state index in [0.717, 1.165) is 17.1 Å². The van der Waals surface area contributed by atoms with Crippen LogP contribution in [0.25, 0.3) is 0 Å². The first-order valence-corrected chi connectivity index (χ1v) is 6.50. The third kappa shape index (κ3) is 3.72. The lowest BCUT2D eigenvalue weighted by Gasteiger charge is -2.08. The van der Waals surface area contributed by atoms with E-state index >= 15 is 0 Å². The van der Waals surface area contributed by atoms with Crippen LogP contribution in [0.1, 0.15) is 18.3 Å². The van der Waals surface area contributed by atoms with Crippen molar-refractivity contribution in [3.63, 3.8) is 0 Å². The Hall–Kier alpha value is -1.52.